The number of anilines is 1. The Hall–Kier alpha value is -2.95. The first-order valence-corrected chi connectivity index (χ1v) is 11.5. The second kappa shape index (κ2) is 9.46. The maximum absolute atomic E-state index is 12.8. The second-order valence-corrected chi connectivity index (χ2v) is 9.18. The lowest BCUT2D eigenvalue weighted by Gasteiger charge is -2.04. The number of nitrogens with zero attached hydrogens (tertiary/aromatic N) is 2. The van der Waals surface area contributed by atoms with E-state index in [0.717, 1.165) is 10.4 Å². The smallest absolute Gasteiger partial charge is 0.256 e. The average Bonchev–Trinajstić information content (AvgIpc) is 3.42. The lowest BCUT2D eigenvalue weighted by atomic mass is 10.1. The van der Waals surface area contributed by atoms with E-state index in [1.165, 1.54) is 22.7 Å². The average molecular weight is 482 g/mol. The number of benzene rings is 2. The number of nitrogens with one attached hydrogen (secondary N) is 1. The molecule has 152 valence electrons. The Labute approximate surface area is 197 Å². The van der Waals surface area contributed by atoms with Crippen molar-refractivity contribution < 1.29 is 4.79 Å². The lowest BCUT2D eigenvalue weighted by molar-refractivity contribution is 0.102. The van der Waals surface area contributed by atoms with Crippen molar-refractivity contribution in [3.05, 3.63) is 92.2 Å². The van der Waals surface area contributed by atoms with Crippen molar-refractivity contribution in [1.82, 2.24) is 4.98 Å². The number of aromatic nitrogens is 1. The highest BCUT2D eigenvalue weighted by molar-refractivity contribution is 7.19. The number of amides is 1. The summed E-state index contributed by atoms with van der Waals surface area (Å²) in [5.41, 5.74) is 2.29. The van der Waals surface area contributed by atoms with Crippen LogP contribution in [0.15, 0.2) is 66.0 Å². The first-order valence-electron chi connectivity index (χ1n) is 9.03. The molecule has 1 N–H and O–H groups in total. The SMILES string of the molecule is N#CC(=Cc1cccc(Cl)c1)c1nc(-c2cccs2)c(NC(=O)c2ccc(Cl)cc2)s1. The molecule has 0 unspecified atom stereocenters. The Kier molecular flexibility index (Phi) is 6.50. The summed E-state index contributed by atoms with van der Waals surface area (Å²) in [5, 5.41) is 16.8. The summed E-state index contributed by atoms with van der Waals surface area (Å²) >= 11 is 14.7. The second-order valence-electron chi connectivity index (χ2n) is 6.36. The lowest BCUT2D eigenvalue weighted by Crippen LogP contribution is -2.11. The van der Waals surface area contributed by atoms with Crippen LogP contribution >= 0.6 is 45.9 Å². The molecule has 2 heterocycles. The summed E-state index contributed by atoms with van der Waals surface area (Å²) < 4.78 is 0. The van der Waals surface area contributed by atoms with Gasteiger partial charge in [-0.15, -0.1) is 11.3 Å². The Balaban J connectivity index is 1.72. The number of hydrogen-bond acceptors (Lipinski definition) is 5. The maximum atomic E-state index is 12.8. The van der Waals surface area contributed by atoms with Gasteiger partial charge in [0, 0.05) is 15.6 Å². The summed E-state index contributed by atoms with van der Waals surface area (Å²) in [6.45, 7) is 0. The van der Waals surface area contributed by atoms with E-state index in [-0.39, 0.29) is 5.91 Å². The minimum absolute atomic E-state index is 0.276. The van der Waals surface area contributed by atoms with Crippen molar-refractivity contribution in [3.63, 3.8) is 0 Å². The van der Waals surface area contributed by atoms with Crippen LogP contribution in [0.2, 0.25) is 10.0 Å². The van der Waals surface area contributed by atoms with Gasteiger partial charge in [0.25, 0.3) is 5.91 Å². The van der Waals surface area contributed by atoms with Gasteiger partial charge in [-0.2, -0.15) is 5.26 Å². The Morgan fingerprint density at radius 2 is 1.87 bits per heavy atom. The normalized spacial score (nSPS) is 11.2. The molecule has 4 aromatic rings. The molecule has 8 heteroatoms. The van der Waals surface area contributed by atoms with Crippen LogP contribution in [0.25, 0.3) is 22.2 Å². The van der Waals surface area contributed by atoms with Crippen LogP contribution in [0, 0.1) is 11.3 Å². The van der Waals surface area contributed by atoms with Crippen LogP contribution in [-0.2, 0) is 0 Å². The number of hydrogen-bond donors (Lipinski definition) is 1. The van der Waals surface area contributed by atoms with Crippen LogP contribution in [-0.4, -0.2) is 10.9 Å². The quantitative estimate of drug-likeness (QED) is 0.300. The minimum atomic E-state index is -0.276. The van der Waals surface area contributed by atoms with Gasteiger partial charge in [-0.05, 0) is 59.5 Å². The monoisotopic (exact) mass is 481 g/mol. The molecule has 0 fully saturated rings. The maximum Gasteiger partial charge on any atom is 0.256 e. The van der Waals surface area contributed by atoms with E-state index in [4.69, 9.17) is 23.2 Å². The predicted molar refractivity (Wildman–Crippen MR) is 130 cm³/mol. The topological polar surface area (TPSA) is 65.8 Å². The van der Waals surface area contributed by atoms with Crippen LogP contribution in [0.1, 0.15) is 20.9 Å². The molecule has 2 aromatic heterocycles. The fourth-order valence-corrected chi connectivity index (χ4v) is 4.83. The standard InChI is InChI=1S/C23H13Cl2N3OS2/c24-17-8-6-15(7-9-17)21(29)28-23-20(19-5-2-10-30-19)27-22(31-23)16(13-26)11-14-3-1-4-18(25)12-14/h1-12H,(H,28,29). The molecule has 0 bridgehead atoms. The zero-order chi connectivity index (χ0) is 21.8. The Bertz CT molecular complexity index is 1300. The van der Waals surface area contributed by atoms with Crippen LogP contribution in [0.3, 0.4) is 0 Å². The third kappa shape index (κ3) is 5.04. The van der Waals surface area contributed by atoms with E-state index in [0.29, 0.717) is 36.9 Å². The van der Waals surface area contributed by atoms with Crippen molar-refractivity contribution in [2.75, 3.05) is 5.32 Å². The van der Waals surface area contributed by atoms with E-state index in [9.17, 15) is 10.1 Å². The van der Waals surface area contributed by atoms with Crippen molar-refractivity contribution >= 4 is 68.4 Å². The van der Waals surface area contributed by atoms with Gasteiger partial charge < -0.3 is 5.32 Å². The molecule has 0 aliphatic rings. The van der Waals surface area contributed by atoms with Gasteiger partial charge >= 0.3 is 0 Å². The zero-order valence-corrected chi connectivity index (χ0v) is 18.9. The van der Waals surface area contributed by atoms with Crippen molar-refractivity contribution in [1.29, 1.82) is 5.26 Å². The highest BCUT2D eigenvalue weighted by atomic mass is 35.5. The molecular formula is C23H13Cl2N3OS2. The Morgan fingerprint density at radius 3 is 2.55 bits per heavy atom. The number of rotatable bonds is 5. The zero-order valence-electron chi connectivity index (χ0n) is 15.8. The summed E-state index contributed by atoms with van der Waals surface area (Å²) in [4.78, 5) is 18.3. The predicted octanol–water partition coefficient (Wildman–Crippen LogP) is 7.49. The number of allylic oxidation sites excluding steroid dienone is 1. The number of thiophene rings is 1. The summed E-state index contributed by atoms with van der Waals surface area (Å²) in [6.07, 6.45) is 1.73. The van der Waals surface area contributed by atoms with E-state index in [1.54, 1.807) is 42.5 Å². The molecule has 0 spiro atoms. The molecule has 31 heavy (non-hydrogen) atoms. The molecule has 2 aromatic carbocycles. The van der Waals surface area contributed by atoms with Gasteiger partial charge in [0.05, 0.1) is 10.5 Å². The number of nitriles is 1. The highest BCUT2D eigenvalue weighted by Crippen LogP contribution is 2.38. The van der Waals surface area contributed by atoms with Gasteiger partial charge in [0.1, 0.15) is 21.8 Å². The molecule has 0 saturated carbocycles. The first-order chi connectivity index (χ1) is 15.0. The number of thiazole rings is 1. The van der Waals surface area contributed by atoms with Gasteiger partial charge in [0.2, 0.25) is 0 Å². The van der Waals surface area contributed by atoms with Crippen molar-refractivity contribution in [2.45, 2.75) is 0 Å². The van der Waals surface area contributed by atoms with E-state index in [1.807, 2.05) is 29.6 Å². The first kappa shape index (κ1) is 21.3. The van der Waals surface area contributed by atoms with Gasteiger partial charge in [-0.3, -0.25) is 4.79 Å². The Morgan fingerprint density at radius 1 is 1.06 bits per heavy atom. The molecule has 0 atom stereocenters. The van der Waals surface area contributed by atoms with Crippen LogP contribution in [0.5, 0.6) is 0 Å². The third-order valence-electron chi connectivity index (χ3n) is 4.23. The van der Waals surface area contributed by atoms with Gasteiger partial charge in [0.15, 0.2) is 0 Å². The highest BCUT2D eigenvalue weighted by Gasteiger charge is 2.19. The molecule has 1 amide bonds. The van der Waals surface area contributed by atoms with Crippen LogP contribution < -0.4 is 5.32 Å². The molecule has 0 radical (unpaired) electrons. The summed E-state index contributed by atoms with van der Waals surface area (Å²) in [5.74, 6) is -0.276. The molecule has 4 rings (SSSR count). The summed E-state index contributed by atoms with van der Waals surface area (Å²) in [7, 11) is 0. The minimum Gasteiger partial charge on any atom is -0.312 e. The van der Waals surface area contributed by atoms with Gasteiger partial charge in [-0.25, -0.2) is 4.98 Å². The molecule has 0 saturated heterocycles. The van der Waals surface area contributed by atoms with Crippen LogP contribution in [0.4, 0.5) is 5.00 Å². The van der Waals surface area contributed by atoms with E-state index in [2.05, 4.69) is 16.4 Å². The van der Waals surface area contributed by atoms with Crippen molar-refractivity contribution in [2.24, 2.45) is 0 Å². The number of halogens is 2. The number of carbonyl (C=O) groups is 1. The summed E-state index contributed by atoms with van der Waals surface area (Å²) in [6, 6.07) is 19.9. The van der Waals surface area contributed by atoms with E-state index >= 15 is 0 Å². The third-order valence-corrected chi connectivity index (χ3v) is 6.59. The molecule has 0 aliphatic heterocycles. The fraction of sp³-hybridized carbons (Fsp3) is 0. The fourth-order valence-electron chi connectivity index (χ4n) is 2.78. The molecule has 0 aliphatic carbocycles. The molecule has 4 nitrogen and oxygen atoms in total. The van der Waals surface area contributed by atoms with Gasteiger partial charge in [-0.1, -0.05) is 52.7 Å². The largest absolute Gasteiger partial charge is 0.312 e. The number of carbonyl (C=O) groups excluding carboxylic acids is 1. The molecular weight excluding hydrogens is 469 g/mol. The van der Waals surface area contributed by atoms with Crippen molar-refractivity contribution in [3.8, 4) is 16.6 Å². The van der Waals surface area contributed by atoms with E-state index < -0.39 is 0 Å².